The first-order chi connectivity index (χ1) is 12.1. The fourth-order valence-corrected chi connectivity index (χ4v) is 3.34. The summed E-state index contributed by atoms with van der Waals surface area (Å²) < 4.78 is 5.83. The molecule has 0 saturated carbocycles. The monoisotopic (exact) mass is 338 g/mol. The van der Waals surface area contributed by atoms with Crippen LogP contribution in [-0.2, 0) is 4.79 Å². The summed E-state index contributed by atoms with van der Waals surface area (Å²) in [7, 11) is 0. The highest BCUT2D eigenvalue weighted by Crippen LogP contribution is 2.30. The highest BCUT2D eigenvalue weighted by atomic mass is 16.4. The van der Waals surface area contributed by atoms with Gasteiger partial charge in [-0.1, -0.05) is 18.2 Å². The Morgan fingerprint density at radius 2 is 1.76 bits per heavy atom. The van der Waals surface area contributed by atoms with Crippen LogP contribution in [0.1, 0.15) is 12.8 Å². The summed E-state index contributed by atoms with van der Waals surface area (Å²) in [4.78, 5) is 25.0. The van der Waals surface area contributed by atoms with E-state index in [2.05, 4.69) is 5.32 Å². The predicted octanol–water partition coefficient (Wildman–Crippen LogP) is 3.91. The van der Waals surface area contributed by atoms with Gasteiger partial charge in [0.1, 0.15) is 11.2 Å². The summed E-state index contributed by atoms with van der Waals surface area (Å²) in [6, 6.07) is 13.2. The summed E-state index contributed by atoms with van der Waals surface area (Å²) in [5.74, 6) is -1.13. The third-order valence-electron chi connectivity index (χ3n) is 4.76. The zero-order chi connectivity index (χ0) is 17.4. The van der Waals surface area contributed by atoms with Gasteiger partial charge in [-0.2, -0.15) is 0 Å². The maximum atomic E-state index is 12.4. The molecule has 6 heteroatoms. The van der Waals surface area contributed by atoms with Gasteiger partial charge >= 0.3 is 12.0 Å². The number of carbonyl (C=O) groups is 2. The van der Waals surface area contributed by atoms with Crippen LogP contribution in [0.25, 0.3) is 21.9 Å². The van der Waals surface area contributed by atoms with E-state index < -0.39 is 5.97 Å². The molecule has 0 aliphatic carbocycles. The lowest BCUT2D eigenvalue weighted by Gasteiger charge is -2.30. The maximum Gasteiger partial charge on any atom is 0.321 e. The van der Waals surface area contributed by atoms with E-state index >= 15 is 0 Å². The van der Waals surface area contributed by atoms with E-state index in [4.69, 9.17) is 9.52 Å². The topological polar surface area (TPSA) is 82.8 Å². The van der Waals surface area contributed by atoms with E-state index in [9.17, 15) is 9.59 Å². The molecule has 25 heavy (non-hydrogen) atoms. The van der Waals surface area contributed by atoms with Gasteiger partial charge in [-0.15, -0.1) is 0 Å². The van der Waals surface area contributed by atoms with Crippen molar-refractivity contribution in [1.82, 2.24) is 4.90 Å². The van der Waals surface area contributed by atoms with Gasteiger partial charge in [0.15, 0.2) is 0 Å². The Morgan fingerprint density at radius 3 is 2.52 bits per heavy atom. The fourth-order valence-electron chi connectivity index (χ4n) is 3.34. The van der Waals surface area contributed by atoms with Crippen LogP contribution in [0.4, 0.5) is 10.5 Å². The van der Waals surface area contributed by atoms with E-state index in [0.29, 0.717) is 31.6 Å². The van der Waals surface area contributed by atoms with Crippen LogP contribution in [0.3, 0.4) is 0 Å². The van der Waals surface area contributed by atoms with Gasteiger partial charge in [-0.25, -0.2) is 4.79 Å². The number of furan rings is 1. The van der Waals surface area contributed by atoms with Crippen LogP contribution in [0.5, 0.6) is 0 Å². The number of para-hydroxylation sites is 1. The Hall–Kier alpha value is -3.02. The molecule has 1 aromatic heterocycles. The summed E-state index contributed by atoms with van der Waals surface area (Å²) in [5, 5.41) is 14.0. The van der Waals surface area contributed by atoms with Crippen LogP contribution < -0.4 is 5.32 Å². The van der Waals surface area contributed by atoms with E-state index in [-0.39, 0.29) is 11.9 Å². The zero-order valence-corrected chi connectivity index (χ0v) is 13.6. The molecule has 2 aromatic carbocycles. The number of aliphatic carboxylic acids is 1. The SMILES string of the molecule is O=C(O)C1CCN(C(=O)Nc2ccc3c(c2)oc2ccccc23)CC1. The molecule has 3 aromatic rings. The normalized spacial score (nSPS) is 15.6. The molecule has 2 N–H and O–H groups in total. The lowest BCUT2D eigenvalue weighted by atomic mass is 9.97. The number of urea groups is 1. The van der Waals surface area contributed by atoms with Crippen molar-refractivity contribution >= 4 is 39.6 Å². The Bertz CT molecular complexity index is 954. The standard InChI is InChI=1S/C19H18N2O4/c22-18(23)12-7-9-21(10-8-12)19(24)20-13-5-6-15-14-3-1-2-4-16(14)25-17(15)11-13/h1-6,11-12H,7-10H2,(H,20,24)(H,22,23). The van der Waals surface area contributed by atoms with Gasteiger partial charge < -0.3 is 19.7 Å². The van der Waals surface area contributed by atoms with Crippen LogP contribution in [0.15, 0.2) is 46.9 Å². The number of hydrogen-bond acceptors (Lipinski definition) is 3. The Kier molecular flexibility index (Phi) is 3.80. The van der Waals surface area contributed by atoms with Crippen LogP contribution >= 0.6 is 0 Å². The number of nitrogens with one attached hydrogen (secondary N) is 1. The summed E-state index contributed by atoms with van der Waals surface area (Å²) in [5.41, 5.74) is 2.21. The number of nitrogens with zero attached hydrogens (tertiary/aromatic N) is 1. The van der Waals surface area contributed by atoms with Crippen LogP contribution in [0, 0.1) is 5.92 Å². The van der Waals surface area contributed by atoms with Crippen molar-refractivity contribution in [1.29, 1.82) is 0 Å². The molecule has 2 amide bonds. The molecule has 1 saturated heterocycles. The van der Waals surface area contributed by atoms with Gasteiger partial charge in [-0.05, 0) is 31.0 Å². The van der Waals surface area contributed by atoms with Gasteiger partial charge in [0.05, 0.1) is 5.92 Å². The molecule has 6 nitrogen and oxygen atoms in total. The minimum Gasteiger partial charge on any atom is -0.481 e. The van der Waals surface area contributed by atoms with Gasteiger partial charge in [-0.3, -0.25) is 4.79 Å². The highest BCUT2D eigenvalue weighted by molar-refractivity contribution is 6.06. The molecule has 2 heterocycles. The lowest BCUT2D eigenvalue weighted by molar-refractivity contribution is -0.143. The minimum atomic E-state index is -0.782. The smallest absolute Gasteiger partial charge is 0.321 e. The molecule has 0 unspecified atom stereocenters. The molecule has 0 bridgehead atoms. The molecule has 1 aliphatic heterocycles. The number of carbonyl (C=O) groups excluding carboxylic acids is 1. The van der Waals surface area contributed by atoms with Crippen molar-refractivity contribution in [3.63, 3.8) is 0 Å². The number of benzene rings is 2. The number of carboxylic acids is 1. The first-order valence-corrected chi connectivity index (χ1v) is 8.32. The molecule has 4 rings (SSSR count). The Labute approximate surface area is 144 Å². The molecule has 0 spiro atoms. The number of amides is 2. The second kappa shape index (κ2) is 6.12. The third-order valence-corrected chi connectivity index (χ3v) is 4.76. The first-order valence-electron chi connectivity index (χ1n) is 8.32. The van der Waals surface area contributed by atoms with E-state index in [1.165, 1.54) is 0 Å². The fraction of sp³-hybridized carbons (Fsp3) is 0.263. The molecule has 1 aliphatic rings. The van der Waals surface area contributed by atoms with Crippen molar-refractivity contribution in [2.24, 2.45) is 5.92 Å². The van der Waals surface area contributed by atoms with E-state index in [1.54, 1.807) is 4.90 Å². The quantitative estimate of drug-likeness (QED) is 0.742. The van der Waals surface area contributed by atoms with Crippen molar-refractivity contribution in [2.75, 3.05) is 18.4 Å². The van der Waals surface area contributed by atoms with Crippen LogP contribution in [0.2, 0.25) is 0 Å². The first kappa shape index (κ1) is 15.5. The molecule has 128 valence electrons. The van der Waals surface area contributed by atoms with Gasteiger partial charge in [0.2, 0.25) is 0 Å². The second-order valence-corrected chi connectivity index (χ2v) is 6.34. The summed E-state index contributed by atoms with van der Waals surface area (Å²) >= 11 is 0. The minimum absolute atomic E-state index is 0.209. The number of piperidine rings is 1. The van der Waals surface area contributed by atoms with Gasteiger partial charge in [0.25, 0.3) is 0 Å². The molecule has 0 atom stereocenters. The second-order valence-electron chi connectivity index (χ2n) is 6.34. The van der Waals surface area contributed by atoms with Crippen molar-refractivity contribution < 1.29 is 19.1 Å². The lowest BCUT2D eigenvalue weighted by Crippen LogP contribution is -2.42. The van der Waals surface area contributed by atoms with Crippen molar-refractivity contribution in [3.8, 4) is 0 Å². The van der Waals surface area contributed by atoms with Crippen molar-refractivity contribution in [2.45, 2.75) is 12.8 Å². The highest BCUT2D eigenvalue weighted by Gasteiger charge is 2.27. The number of hydrogen-bond donors (Lipinski definition) is 2. The average Bonchev–Trinajstić information content (AvgIpc) is 2.99. The van der Waals surface area contributed by atoms with Gasteiger partial charge in [0, 0.05) is 35.6 Å². The number of carboxylic acid groups (broad SMARTS) is 1. The summed E-state index contributed by atoms with van der Waals surface area (Å²) in [6.45, 7) is 0.908. The summed E-state index contributed by atoms with van der Waals surface area (Å²) in [6.07, 6.45) is 0.983. The number of fused-ring (bicyclic) bond motifs is 3. The van der Waals surface area contributed by atoms with Crippen LogP contribution in [-0.4, -0.2) is 35.1 Å². The molecular formula is C19H18N2O4. The van der Waals surface area contributed by atoms with E-state index in [1.807, 2.05) is 42.5 Å². The predicted molar refractivity (Wildman–Crippen MR) is 94.7 cm³/mol. The molecule has 1 fully saturated rings. The maximum absolute atomic E-state index is 12.4. The zero-order valence-electron chi connectivity index (χ0n) is 13.6. The Balaban J connectivity index is 1.50. The number of anilines is 1. The Morgan fingerprint density at radius 1 is 1.04 bits per heavy atom. The number of likely N-dealkylation sites (tertiary alicyclic amines) is 1. The third kappa shape index (κ3) is 2.91. The molecule has 0 radical (unpaired) electrons. The van der Waals surface area contributed by atoms with E-state index in [0.717, 1.165) is 21.9 Å². The molecular weight excluding hydrogens is 320 g/mol. The average molecular weight is 338 g/mol. The van der Waals surface area contributed by atoms with Crippen molar-refractivity contribution in [3.05, 3.63) is 42.5 Å². The largest absolute Gasteiger partial charge is 0.481 e. The number of rotatable bonds is 2.